The molecule has 1 heterocycles. The molecule has 9 aromatic rings. The first kappa shape index (κ1) is 11.7. The van der Waals surface area contributed by atoms with Crippen LogP contribution in [0.15, 0.2) is 193 Å². The Morgan fingerprint density at radius 2 is 1.04 bits per heavy atom. The number of para-hydroxylation sites is 1. The predicted molar refractivity (Wildman–Crippen MR) is 204 cm³/mol. The molecule has 0 spiro atoms. The summed E-state index contributed by atoms with van der Waals surface area (Å²) in [6.07, 6.45) is 0. The maximum Gasteiger partial charge on any atom is 0.0645 e. The van der Waals surface area contributed by atoms with Crippen LogP contribution in [0.4, 0.5) is 17.1 Å². The van der Waals surface area contributed by atoms with Crippen molar-refractivity contribution >= 4 is 49.6 Å². The lowest BCUT2D eigenvalue weighted by molar-refractivity contribution is 1.18. The fourth-order valence-electron chi connectivity index (χ4n) is 5.38. The summed E-state index contributed by atoms with van der Waals surface area (Å²) in [6.45, 7) is 0. The molecule has 0 atom stereocenters. The first-order valence-corrected chi connectivity index (χ1v) is 14.2. The first-order valence-electron chi connectivity index (χ1n) is 27.7. The zero-order valence-corrected chi connectivity index (χ0v) is 24.3. The number of nitrogens with zero attached hydrogens (tertiary/aromatic N) is 2. The lowest BCUT2D eigenvalue weighted by atomic mass is 10.0. The topological polar surface area (TPSA) is 8.17 Å². The number of benzene rings is 8. The van der Waals surface area contributed by atoms with Gasteiger partial charge in [0.1, 0.15) is 0 Å². The van der Waals surface area contributed by atoms with Gasteiger partial charge in [-0.1, -0.05) is 139 Å². The van der Waals surface area contributed by atoms with Crippen LogP contribution in [0.2, 0.25) is 0 Å². The van der Waals surface area contributed by atoms with E-state index in [2.05, 4.69) is 0 Å². The zero-order chi connectivity index (χ0) is 55.4. The van der Waals surface area contributed by atoms with Crippen LogP contribution in [-0.2, 0) is 0 Å². The Hall–Kier alpha value is -6.38. The van der Waals surface area contributed by atoms with Gasteiger partial charge in [0.15, 0.2) is 0 Å². The minimum atomic E-state index is -0.926. The van der Waals surface area contributed by atoms with Crippen LogP contribution in [0.5, 0.6) is 0 Å². The van der Waals surface area contributed by atoms with Crippen molar-refractivity contribution in [2.75, 3.05) is 4.90 Å². The van der Waals surface area contributed by atoms with Crippen LogP contribution >= 0.6 is 0 Å². The zero-order valence-electron chi connectivity index (χ0n) is 51.3. The average Bonchev–Trinajstić information content (AvgIpc) is 3.71. The van der Waals surface area contributed by atoms with Crippen molar-refractivity contribution in [3.63, 3.8) is 0 Å². The van der Waals surface area contributed by atoms with Crippen molar-refractivity contribution in [1.29, 1.82) is 0 Å². The molecular weight excluding hydrogens is 581 g/mol. The minimum Gasteiger partial charge on any atom is -0.310 e. The predicted octanol–water partition coefficient (Wildman–Crippen LogP) is 12.7. The normalized spacial score (nSPS) is 19.2. The van der Waals surface area contributed by atoms with Crippen LogP contribution in [0.3, 0.4) is 0 Å². The maximum absolute atomic E-state index is 9.76. The van der Waals surface area contributed by atoms with Gasteiger partial charge in [0, 0.05) is 33.5 Å². The van der Waals surface area contributed by atoms with Crippen molar-refractivity contribution in [1.82, 2.24) is 4.57 Å². The molecule has 1 aromatic heterocycles. The molecule has 226 valence electrons. The van der Waals surface area contributed by atoms with E-state index in [0.29, 0.717) is 0 Å². The molecule has 0 saturated carbocycles. The Labute approximate surface area is 318 Å². The molecule has 48 heavy (non-hydrogen) atoms. The quantitative estimate of drug-likeness (QED) is 0.176. The highest BCUT2D eigenvalue weighted by atomic mass is 15.1. The second-order valence-corrected chi connectivity index (χ2v) is 10.2. The molecule has 0 N–H and O–H groups in total. The Morgan fingerprint density at radius 3 is 1.88 bits per heavy atom. The second-order valence-electron chi connectivity index (χ2n) is 10.2. The largest absolute Gasteiger partial charge is 0.310 e. The van der Waals surface area contributed by atoms with E-state index < -0.39 is 219 Å². The summed E-state index contributed by atoms with van der Waals surface area (Å²) in [5.41, 5.74) is -4.91. The Morgan fingerprint density at radius 1 is 0.396 bits per heavy atom. The van der Waals surface area contributed by atoms with Crippen LogP contribution in [0, 0.1) is 0 Å². The third kappa shape index (κ3) is 4.83. The molecule has 9 rings (SSSR count). The lowest BCUT2D eigenvalue weighted by Gasteiger charge is -2.26. The van der Waals surface area contributed by atoms with Gasteiger partial charge in [0.05, 0.1) is 48.0 Å². The number of fused-ring (bicyclic) bond motifs is 5. The van der Waals surface area contributed by atoms with Gasteiger partial charge in [-0.3, -0.25) is 0 Å². The molecular formula is C46H32N2. The van der Waals surface area contributed by atoms with Crippen LogP contribution in [0.25, 0.3) is 60.5 Å². The van der Waals surface area contributed by atoms with Gasteiger partial charge in [-0.25, -0.2) is 0 Å². The molecule has 0 aliphatic heterocycles. The number of hydrogen-bond donors (Lipinski definition) is 0. The highest BCUT2D eigenvalue weighted by Gasteiger charge is 2.19. The van der Waals surface area contributed by atoms with E-state index in [-0.39, 0.29) is 21.9 Å². The summed E-state index contributed by atoms with van der Waals surface area (Å²) in [4.78, 5) is 0.875. The molecule has 0 aliphatic carbocycles. The van der Waals surface area contributed by atoms with E-state index in [4.69, 9.17) is 26.0 Å². The number of rotatable bonds is 6. The molecule has 0 radical (unpaired) electrons. The van der Waals surface area contributed by atoms with E-state index in [1.807, 2.05) is 0 Å². The van der Waals surface area contributed by atoms with Gasteiger partial charge in [0.2, 0.25) is 0 Å². The Balaban J connectivity index is 1.49. The van der Waals surface area contributed by atoms with Crippen molar-refractivity contribution in [2.24, 2.45) is 0 Å². The summed E-state index contributed by atoms with van der Waals surface area (Å²) in [6, 6.07) is -15.9. The smallest absolute Gasteiger partial charge is 0.0645 e. The monoisotopic (exact) mass is 639 g/mol. The van der Waals surface area contributed by atoms with Crippen LogP contribution < -0.4 is 4.90 Å². The summed E-state index contributed by atoms with van der Waals surface area (Å²) in [7, 11) is 0. The number of aromatic nitrogens is 1. The van der Waals surface area contributed by atoms with Gasteiger partial charge in [-0.05, 0) is 87.5 Å². The van der Waals surface area contributed by atoms with E-state index in [1.54, 1.807) is 0 Å². The molecule has 2 nitrogen and oxygen atoms in total. The number of anilines is 3. The van der Waals surface area contributed by atoms with E-state index in [9.17, 15) is 11.0 Å². The standard InChI is InChI=1S/C46H32N2/c1-4-12-33(13-5-1)35-20-25-39(26-21-35)47(40-27-22-36(23-28-40)34-14-6-2-7-15-34)41-29-30-43-45(32-41)48(38-17-8-3-9-18-38)44-31-24-37-16-10-11-19-42(37)46(43)44/h1-32H/i1D,2D,3D,4D,5D,6D,7D,8D,9D,10D,11D,12D,13D,14D,15D,16D,17D,19D,20D,21D,22D,24D,25D,28D,29D,30D,31D. The highest BCUT2D eigenvalue weighted by Crippen LogP contribution is 2.42. The Bertz CT molecular complexity index is 4050. The summed E-state index contributed by atoms with van der Waals surface area (Å²) in [5.74, 6) is 0. The molecule has 0 unspecified atom stereocenters. The molecule has 0 saturated heterocycles. The third-order valence-electron chi connectivity index (χ3n) is 7.45. The minimum absolute atomic E-state index is 0.319. The van der Waals surface area contributed by atoms with Crippen molar-refractivity contribution in [3.8, 4) is 27.9 Å². The fraction of sp³-hybridized carbons (Fsp3) is 0. The van der Waals surface area contributed by atoms with Crippen molar-refractivity contribution < 1.29 is 37.0 Å². The lowest BCUT2D eigenvalue weighted by Crippen LogP contribution is -2.10. The van der Waals surface area contributed by atoms with Gasteiger partial charge in [-0.15, -0.1) is 0 Å². The first-order chi connectivity index (χ1) is 35.0. The maximum atomic E-state index is 9.76. The van der Waals surface area contributed by atoms with Crippen molar-refractivity contribution in [3.05, 3.63) is 193 Å². The average molecular weight is 640 g/mol. The van der Waals surface area contributed by atoms with Gasteiger partial charge < -0.3 is 9.47 Å². The summed E-state index contributed by atoms with van der Waals surface area (Å²) >= 11 is 0. The molecule has 8 aromatic carbocycles. The number of hydrogen-bond acceptors (Lipinski definition) is 1. The highest BCUT2D eigenvalue weighted by molar-refractivity contribution is 6.21. The molecule has 0 fully saturated rings. The Kier molecular flexibility index (Phi) is 2.87. The van der Waals surface area contributed by atoms with E-state index in [1.165, 1.54) is 0 Å². The molecule has 0 aliphatic rings. The van der Waals surface area contributed by atoms with Gasteiger partial charge >= 0.3 is 0 Å². The molecule has 2 heteroatoms. The summed E-state index contributed by atoms with van der Waals surface area (Å²) in [5, 5.41) is -1.54. The molecule has 0 amide bonds. The third-order valence-corrected chi connectivity index (χ3v) is 7.45. The summed E-state index contributed by atoms with van der Waals surface area (Å²) < 4.78 is 239. The van der Waals surface area contributed by atoms with Gasteiger partial charge in [0.25, 0.3) is 0 Å². The SMILES string of the molecule is [2H]c1cc(N(c2cc([2H])c(-c3c([2H])c([2H])c([2H])c([2H])c3[2H])c([2H])c2[2H])c2cc3c(c([2H])c2[2H])c2c4c([2H])c([2H])c([2H])c([2H])c4c([2H])c([2H])c2n3-c2cc([2H])c([2H])c([2H])c2[2H])c([2H])cc1-c1c([2H])c([2H])c([2H])c([2H])c1[2H]. The van der Waals surface area contributed by atoms with Crippen LogP contribution in [0.1, 0.15) is 37.0 Å². The van der Waals surface area contributed by atoms with Crippen LogP contribution in [-0.4, -0.2) is 4.57 Å². The second kappa shape index (κ2) is 11.8. The fourth-order valence-corrected chi connectivity index (χ4v) is 5.38. The van der Waals surface area contributed by atoms with E-state index >= 15 is 0 Å². The van der Waals surface area contributed by atoms with Gasteiger partial charge in [-0.2, -0.15) is 0 Å². The molecule has 0 bridgehead atoms. The van der Waals surface area contributed by atoms with Crippen molar-refractivity contribution in [2.45, 2.75) is 0 Å². The van der Waals surface area contributed by atoms with E-state index in [0.717, 1.165) is 39.8 Å².